The fourth-order valence-corrected chi connectivity index (χ4v) is 4.96. The second-order valence-electron chi connectivity index (χ2n) is 5.73. The maximum atomic E-state index is 14.1. The lowest BCUT2D eigenvalue weighted by molar-refractivity contribution is 0.412. The highest BCUT2D eigenvalue weighted by atomic mass is 32.2. The number of thioether (sulfide) groups is 1. The number of rotatable bonds is 3. The minimum absolute atomic E-state index is 0.0478. The fraction of sp³-hybridized carbons (Fsp3) is 0.571. The summed E-state index contributed by atoms with van der Waals surface area (Å²) >= 11 is 1.75. The van der Waals surface area contributed by atoms with E-state index in [1.807, 2.05) is 0 Å². The molecule has 2 rings (SSSR count). The van der Waals surface area contributed by atoms with E-state index in [0.29, 0.717) is 24.4 Å². The highest BCUT2D eigenvalue weighted by Gasteiger charge is 2.32. The van der Waals surface area contributed by atoms with Crippen molar-refractivity contribution in [3.63, 3.8) is 0 Å². The van der Waals surface area contributed by atoms with Gasteiger partial charge in [-0.1, -0.05) is 19.9 Å². The summed E-state index contributed by atoms with van der Waals surface area (Å²) in [7, 11) is -3.79. The molecule has 0 saturated carbocycles. The third-order valence-electron chi connectivity index (χ3n) is 3.65. The van der Waals surface area contributed by atoms with Crippen molar-refractivity contribution in [1.29, 1.82) is 0 Å². The normalized spacial score (nSPS) is 20.2. The van der Waals surface area contributed by atoms with E-state index >= 15 is 0 Å². The molecular formula is C14H21FN2O2S2. The lowest BCUT2D eigenvalue weighted by Gasteiger charge is -2.22. The zero-order valence-corrected chi connectivity index (χ0v) is 13.9. The summed E-state index contributed by atoms with van der Waals surface area (Å²) in [6, 6.07) is 4.08. The average molecular weight is 332 g/mol. The van der Waals surface area contributed by atoms with Crippen LogP contribution in [0.1, 0.15) is 25.8 Å². The summed E-state index contributed by atoms with van der Waals surface area (Å²) < 4.78 is 40.7. The molecule has 1 fully saturated rings. The van der Waals surface area contributed by atoms with Crippen molar-refractivity contribution in [3.05, 3.63) is 29.6 Å². The minimum atomic E-state index is -3.79. The molecule has 7 heteroatoms. The van der Waals surface area contributed by atoms with Gasteiger partial charge in [-0.05, 0) is 24.1 Å². The van der Waals surface area contributed by atoms with Gasteiger partial charge in [-0.25, -0.2) is 12.8 Å². The Morgan fingerprint density at radius 2 is 2.10 bits per heavy atom. The molecule has 1 saturated heterocycles. The Bertz CT molecular complexity index is 617. The van der Waals surface area contributed by atoms with Gasteiger partial charge in [0.2, 0.25) is 10.0 Å². The van der Waals surface area contributed by atoms with Crippen LogP contribution in [0.2, 0.25) is 0 Å². The van der Waals surface area contributed by atoms with E-state index in [2.05, 4.69) is 13.8 Å². The molecule has 4 nitrogen and oxygen atoms in total. The third-order valence-corrected chi connectivity index (χ3v) is 6.95. The summed E-state index contributed by atoms with van der Waals surface area (Å²) in [5.41, 5.74) is 6.02. The van der Waals surface area contributed by atoms with Crippen molar-refractivity contribution in [1.82, 2.24) is 4.31 Å². The van der Waals surface area contributed by atoms with Crippen LogP contribution in [-0.2, 0) is 16.6 Å². The van der Waals surface area contributed by atoms with E-state index in [0.717, 1.165) is 6.42 Å². The Morgan fingerprint density at radius 1 is 1.38 bits per heavy atom. The van der Waals surface area contributed by atoms with Crippen LogP contribution in [0.4, 0.5) is 4.39 Å². The molecule has 0 spiro atoms. The van der Waals surface area contributed by atoms with Crippen LogP contribution in [0, 0.1) is 5.82 Å². The van der Waals surface area contributed by atoms with Gasteiger partial charge in [-0.15, -0.1) is 0 Å². The lowest BCUT2D eigenvalue weighted by Crippen LogP contribution is -2.34. The minimum Gasteiger partial charge on any atom is -0.326 e. The van der Waals surface area contributed by atoms with E-state index in [1.54, 1.807) is 17.8 Å². The van der Waals surface area contributed by atoms with Gasteiger partial charge >= 0.3 is 0 Å². The highest BCUT2D eigenvalue weighted by molar-refractivity contribution is 8.00. The first-order chi connectivity index (χ1) is 9.76. The number of hydrogen-bond donors (Lipinski definition) is 1. The summed E-state index contributed by atoms with van der Waals surface area (Å²) in [5, 5.41) is 0. The smallest absolute Gasteiger partial charge is 0.246 e. The highest BCUT2D eigenvalue weighted by Crippen LogP contribution is 2.32. The zero-order chi connectivity index (χ0) is 15.7. The number of nitrogens with zero attached hydrogens (tertiary/aromatic N) is 1. The van der Waals surface area contributed by atoms with E-state index in [4.69, 9.17) is 5.73 Å². The summed E-state index contributed by atoms with van der Waals surface area (Å²) in [4.78, 5) is -0.260. The van der Waals surface area contributed by atoms with E-state index < -0.39 is 15.8 Å². The van der Waals surface area contributed by atoms with Gasteiger partial charge in [0, 0.05) is 30.1 Å². The molecule has 0 bridgehead atoms. The molecular weight excluding hydrogens is 311 g/mol. The Hall–Kier alpha value is -0.630. The lowest BCUT2D eigenvalue weighted by atomic mass is 10.1. The largest absolute Gasteiger partial charge is 0.326 e. The maximum Gasteiger partial charge on any atom is 0.246 e. The molecule has 0 radical (unpaired) electrons. The topological polar surface area (TPSA) is 63.4 Å². The Morgan fingerprint density at radius 3 is 2.71 bits per heavy atom. The standard InChI is InChI=1S/C14H21FN2O2S2/c1-14(2)5-6-17(7-8-20-14)21(18,19)13-4-3-11(10-16)9-12(13)15/h3-4,9H,5-8,10,16H2,1-2H3. The molecule has 0 aromatic heterocycles. The summed E-state index contributed by atoms with van der Waals surface area (Å²) in [6.45, 7) is 5.22. The van der Waals surface area contributed by atoms with Gasteiger partial charge in [0.25, 0.3) is 0 Å². The van der Waals surface area contributed by atoms with Gasteiger partial charge in [-0.3, -0.25) is 0 Å². The molecule has 1 aromatic carbocycles. The fourth-order valence-electron chi connectivity index (χ4n) is 2.26. The molecule has 1 heterocycles. The van der Waals surface area contributed by atoms with Crippen molar-refractivity contribution < 1.29 is 12.8 Å². The molecule has 1 aliphatic rings. The maximum absolute atomic E-state index is 14.1. The van der Waals surface area contributed by atoms with E-state index in [-0.39, 0.29) is 16.2 Å². The first kappa shape index (κ1) is 16.7. The van der Waals surface area contributed by atoms with Crippen LogP contribution < -0.4 is 5.73 Å². The van der Waals surface area contributed by atoms with Gasteiger partial charge in [0.15, 0.2) is 0 Å². The van der Waals surface area contributed by atoms with Crippen LogP contribution in [-0.4, -0.2) is 36.3 Å². The van der Waals surface area contributed by atoms with Crippen molar-refractivity contribution >= 4 is 21.8 Å². The quantitative estimate of drug-likeness (QED) is 0.921. The van der Waals surface area contributed by atoms with E-state index in [1.165, 1.54) is 16.4 Å². The van der Waals surface area contributed by atoms with Crippen LogP contribution in [0.15, 0.2) is 23.1 Å². The number of benzene rings is 1. The predicted molar refractivity (Wildman–Crippen MR) is 84.2 cm³/mol. The zero-order valence-electron chi connectivity index (χ0n) is 12.3. The van der Waals surface area contributed by atoms with Crippen molar-refractivity contribution in [2.24, 2.45) is 5.73 Å². The number of halogens is 1. The molecule has 118 valence electrons. The van der Waals surface area contributed by atoms with Crippen LogP contribution >= 0.6 is 11.8 Å². The SMILES string of the molecule is CC1(C)CCN(S(=O)(=O)c2ccc(CN)cc2F)CCS1. The Balaban J connectivity index is 2.29. The first-order valence-corrected chi connectivity index (χ1v) is 9.31. The Kier molecular flexibility index (Phi) is 4.97. The average Bonchev–Trinajstić information content (AvgIpc) is 2.59. The van der Waals surface area contributed by atoms with Gasteiger partial charge in [0.05, 0.1) is 0 Å². The van der Waals surface area contributed by atoms with Crippen molar-refractivity contribution in [2.45, 2.75) is 36.5 Å². The molecule has 0 aliphatic carbocycles. The number of hydrogen-bond acceptors (Lipinski definition) is 4. The molecule has 2 N–H and O–H groups in total. The molecule has 21 heavy (non-hydrogen) atoms. The summed E-state index contributed by atoms with van der Waals surface area (Å²) in [5.74, 6) is -0.0107. The molecule has 0 atom stereocenters. The first-order valence-electron chi connectivity index (χ1n) is 6.89. The molecule has 1 aliphatic heterocycles. The second kappa shape index (κ2) is 6.24. The van der Waals surface area contributed by atoms with Crippen LogP contribution in [0.5, 0.6) is 0 Å². The van der Waals surface area contributed by atoms with E-state index in [9.17, 15) is 12.8 Å². The molecule has 0 unspecified atom stereocenters. The van der Waals surface area contributed by atoms with Crippen LogP contribution in [0.25, 0.3) is 0 Å². The van der Waals surface area contributed by atoms with Crippen LogP contribution in [0.3, 0.4) is 0 Å². The Labute approximate surface area is 129 Å². The van der Waals surface area contributed by atoms with Gasteiger partial charge < -0.3 is 5.73 Å². The van der Waals surface area contributed by atoms with Gasteiger partial charge in [-0.2, -0.15) is 16.1 Å². The van der Waals surface area contributed by atoms with Crippen molar-refractivity contribution in [3.8, 4) is 0 Å². The molecule has 1 aromatic rings. The molecule has 0 amide bonds. The van der Waals surface area contributed by atoms with Crippen molar-refractivity contribution in [2.75, 3.05) is 18.8 Å². The predicted octanol–water partition coefficient (Wildman–Crippen LogP) is 2.19. The second-order valence-corrected chi connectivity index (χ2v) is 9.44. The monoisotopic (exact) mass is 332 g/mol. The van der Waals surface area contributed by atoms with Gasteiger partial charge in [0.1, 0.15) is 10.7 Å². The summed E-state index contributed by atoms with van der Waals surface area (Å²) in [6.07, 6.45) is 0.749. The number of sulfonamides is 1. The third kappa shape index (κ3) is 3.77. The number of nitrogens with two attached hydrogens (primary N) is 1.